The molecule has 1 unspecified atom stereocenters. The Balaban J connectivity index is 1.78. The third-order valence-corrected chi connectivity index (χ3v) is 3.89. The van der Waals surface area contributed by atoms with Crippen LogP contribution in [-0.2, 0) is 6.42 Å². The van der Waals surface area contributed by atoms with Gasteiger partial charge in [-0.2, -0.15) is 0 Å². The highest BCUT2D eigenvalue weighted by Crippen LogP contribution is 2.35. The fourth-order valence-electron chi connectivity index (χ4n) is 2.77. The molecule has 1 atom stereocenters. The molecular formula is C16H16ClN3O. The highest BCUT2D eigenvalue weighted by molar-refractivity contribution is 6.30. The van der Waals surface area contributed by atoms with Gasteiger partial charge >= 0.3 is 6.03 Å². The molecule has 1 aliphatic carbocycles. The van der Waals surface area contributed by atoms with Crippen molar-refractivity contribution < 1.29 is 4.79 Å². The summed E-state index contributed by atoms with van der Waals surface area (Å²) in [4.78, 5) is 10.9. The van der Waals surface area contributed by atoms with E-state index in [2.05, 4.69) is 16.7 Å². The van der Waals surface area contributed by atoms with E-state index in [1.54, 1.807) is 6.07 Å². The fourth-order valence-corrected chi connectivity index (χ4v) is 2.96. The molecule has 3 rings (SSSR count). The number of halogens is 1. The van der Waals surface area contributed by atoms with E-state index in [1.165, 1.54) is 11.1 Å². The number of amides is 2. The number of urea groups is 1. The van der Waals surface area contributed by atoms with Gasteiger partial charge in [-0.1, -0.05) is 23.7 Å². The Morgan fingerprint density at radius 2 is 2.00 bits per heavy atom. The smallest absolute Gasteiger partial charge is 0.316 e. The Morgan fingerprint density at radius 1 is 1.19 bits per heavy atom. The van der Waals surface area contributed by atoms with E-state index in [0.29, 0.717) is 5.69 Å². The summed E-state index contributed by atoms with van der Waals surface area (Å²) in [5.74, 6) is 0. The second-order valence-electron chi connectivity index (χ2n) is 5.15. The summed E-state index contributed by atoms with van der Waals surface area (Å²) < 4.78 is 0. The Morgan fingerprint density at radius 3 is 2.81 bits per heavy atom. The number of primary amides is 1. The summed E-state index contributed by atoms with van der Waals surface area (Å²) in [5, 5.41) is 6.85. The van der Waals surface area contributed by atoms with Gasteiger partial charge in [0.15, 0.2) is 0 Å². The van der Waals surface area contributed by atoms with Crippen LogP contribution in [0.3, 0.4) is 0 Å². The van der Waals surface area contributed by atoms with Gasteiger partial charge in [-0.3, -0.25) is 0 Å². The molecule has 0 saturated carbocycles. The molecule has 0 heterocycles. The lowest BCUT2D eigenvalue weighted by molar-refractivity contribution is 0.259. The van der Waals surface area contributed by atoms with Crippen molar-refractivity contribution >= 4 is 29.0 Å². The number of fused-ring (bicyclic) bond motifs is 1. The molecule has 0 fully saturated rings. The van der Waals surface area contributed by atoms with E-state index < -0.39 is 6.03 Å². The van der Waals surface area contributed by atoms with Gasteiger partial charge < -0.3 is 16.4 Å². The maximum absolute atomic E-state index is 10.9. The van der Waals surface area contributed by atoms with Crippen LogP contribution in [0.4, 0.5) is 16.2 Å². The first kappa shape index (κ1) is 13.8. The molecule has 0 aromatic heterocycles. The predicted molar refractivity (Wildman–Crippen MR) is 85.8 cm³/mol. The first-order valence-electron chi connectivity index (χ1n) is 6.83. The van der Waals surface area contributed by atoms with Crippen molar-refractivity contribution in [2.24, 2.45) is 5.73 Å². The Bertz CT molecular complexity index is 687. The first-order chi connectivity index (χ1) is 10.1. The zero-order valence-electron chi connectivity index (χ0n) is 11.4. The van der Waals surface area contributed by atoms with Crippen LogP contribution < -0.4 is 16.4 Å². The standard InChI is InChI=1S/C16H16ClN3O/c17-11-5-6-14-10(8-11)4-7-15(14)19-12-2-1-3-13(9-12)20-16(18)21/h1-3,5-6,8-9,15,19H,4,7H2,(H3,18,20,21). The zero-order chi connectivity index (χ0) is 14.8. The SMILES string of the molecule is NC(=O)Nc1cccc(NC2CCc3cc(Cl)ccc32)c1. The van der Waals surface area contributed by atoms with E-state index in [0.717, 1.165) is 23.6 Å². The number of hydrogen-bond donors (Lipinski definition) is 3. The van der Waals surface area contributed by atoms with E-state index in [-0.39, 0.29) is 6.04 Å². The van der Waals surface area contributed by atoms with Gasteiger partial charge in [0.05, 0.1) is 6.04 Å². The maximum atomic E-state index is 10.9. The summed E-state index contributed by atoms with van der Waals surface area (Å²) >= 11 is 6.03. The molecule has 108 valence electrons. The van der Waals surface area contributed by atoms with Crippen molar-refractivity contribution in [2.75, 3.05) is 10.6 Å². The van der Waals surface area contributed by atoms with E-state index in [4.69, 9.17) is 17.3 Å². The van der Waals surface area contributed by atoms with Crippen LogP contribution in [0.2, 0.25) is 5.02 Å². The van der Waals surface area contributed by atoms with E-state index in [1.807, 2.05) is 30.3 Å². The number of nitrogens with two attached hydrogens (primary N) is 1. The molecule has 4 N–H and O–H groups in total. The number of anilines is 2. The maximum Gasteiger partial charge on any atom is 0.316 e. The minimum absolute atomic E-state index is 0.265. The van der Waals surface area contributed by atoms with Crippen molar-refractivity contribution in [1.82, 2.24) is 0 Å². The van der Waals surface area contributed by atoms with Gasteiger partial charge in [-0.05, 0) is 54.3 Å². The van der Waals surface area contributed by atoms with Gasteiger partial charge in [-0.25, -0.2) is 4.79 Å². The van der Waals surface area contributed by atoms with Gasteiger partial charge in [0.25, 0.3) is 0 Å². The van der Waals surface area contributed by atoms with Crippen molar-refractivity contribution in [1.29, 1.82) is 0 Å². The van der Waals surface area contributed by atoms with E-state index in [9.17, 15) is 4.79 Å². The molecular weight excluding hydrogens is 286 g/mol. The molecule has 2 aromatic rings. The van der Waals surface area contributed by atoms with Crippen molar-refractivity contribution in [3.63, 3.8) is 0 Å². The van der Waals surface area contributed by atoms with Crippen molar-refractivity contribution in [2.45, 2.75) is 18.9 Å². The normalized spacial score (nSPS) is 16.3. The lowest BCUT2D eigenvalue weighted by Gasteiger charge is -2.16. The van der Waals surface area contributed by atoms with Crippen molar-refractivity contribution in [3.05, 3.63) is 58.6 Å². The lowest BCUT2D eigenvalue weighted by Crippen LogP contribution is -2.19. The molecule has 21 heavy (non-hydrogen) atoms. The minimum Gasteiger partial charge on any atom is -0.378 e. The molecule has 0 aliphatic heterocycles. The second kappa shape index (κ2) is 5.66. The number of carbonyl (C=O) groups excluding carboxylic acids is 1. The Kier molecular flexibility index (Phi) is 3.71. The summed E-state index contributed by atoms with van der Waals surface area (Å²) in [5.41, 5.74) is 9.35. The summed E-state index contributed by atoms with van der Waals surface area (Å²) in [7, 11) is 0. The predicted octanol–water partition coefficient (Wildman–Crippen LogP) is 3.93. The largest absolute Gasteiger partial charge is 0.378 e. The van der Waals surface area contributed by atoms with Crippen LogP contribution in [-0.4, -0.2) is 6.03 Å². The Hall–Kier alpha value is -2.20. The van der Waals surface area contributed by atoms with E-state index >= 15 is 0 Å². The molecule has 2 aromatic carbocycles. The highest BCUT2D eigenvalue weighted by atomic mass is 35.5. The third-order valence-electron chi connectivity index (χ3n) is 3.65. The average molecular weight is 302 g/mol. The molecule has 0 spiro atoms. The van der Waals surface area contributed by atoms with Crippen LogP contribution in [0.1, 0.15) is 23.6 Å². The average Bonchev–Trinajstić information content (AvgIpc) is 2.80. The van der Waals surface area contributed by atoms with Crippen molar-refractivity contribution in [3.8, 4) is 0 Å². The second-order valence-corrected chi connectivity index (χ2v) is 5.59. The van der Waals surface area contributed by atoms with Gasteiger partial charge in [0.1, 0.15) is 0 Å². The lowest BCUT2D eigenvalue weighted by atomic mass is 10.1. The van der Waals surface area contributed by atoms with Crippen LogP contribution >= 0.6 is 11.6 Å². The van der Waals surface area contributed by atoms with Crippen LogP contribution in [0.15, 0.2) is 42.5 Å². The van der Waals surface area contributed by atoms with Crippen LogP contribution in [0.25, 0.3) is 0 Å². The number of rotatable bonds is 3. The minimum atomic E-state index is -0.562. The zero-order valence-corrected chi connectivity index (χ0v) is 12.2. The quantitative estimate of drug-likeness (QED) is 0.804. The van der Waals surface area contributed by atoms with Gasteiger partial charge in [-0.15, -0.1) is 0 Å². The number of nitrogens with one attached hydrogen (secondary N) is 2. The molecule has 2 amide bonds. The first-order valence-corrected chi connectivity index (χ1v) is 7.21. The number of benzene rings is 2. The number of carbonyl (C=O) groups is 1. The number of aryl methyl sites for hydroxylation is 1. The van der Waals surface area contributed by atoms with Gasteiger partial charge in [0.2, 0.25) is 0 Å². The molecule has 5 heteroatoms. The Labute approximate surface area is 128 Å². The molecule has 0 radical (unpaired) electrons. The monoisotopic (exact) mass is 301 g/mol. The number of hydrogen-bond acceptors (Lipinski definition) is 2. The summed E-state index contributed by atoms with van der Waals surface area (Å²) in [6, 6.07) is 13.3. The van der Waals surface area contributed by atoms with Gasteiger partial charge in [0, 0.05) is 16.4 Å². The summed E-state index contributed by atoms with van der Waals surface area (Å²) in [6.07, 6.45) is 2.05. The molecule has 0 bridgehead atoms. The van der Waals surface area contributed by atoms with Crippen LogP contribution in [0.5, 0.6) is 0 Å². The molecule has 4 nitrogen and oxygen atoms in total. The summed E-state index contributed by atoms with van der Waals surface area (Å²) in [6.45, 7) is 0. The fraction of sp³-hybridized carbons (Fsp3) is 0.188. The molecule has 0 saturated heterocycles. The molecule has 1 aliphatic rings. The highest BCUT2D eigenvalue weighted by Gasteiger charge is 2.22. The third kappa shape index (κ3) is 3.11. The topological polar surface area (TPSA) is 67.2 Å². The van der Waals surface area contributed by atoms with Crippen LogP contribution in [0, 0.1) is 0 Å².